The smallest absolute Gasteiger partial charge is 0.169 e. The van der Waals surface area contributed by atoms with Crippen molar-refractivity contribution >= 4 is 17.5 Å². The maximum atomic E-state index is 11.9. The second-order valence-corrected chi connectivity index (χ2v) is 7.16. The number of rotatable bonds is 1. The van der Waals surface area contributed by atoms with Crippen LogP contribution in [0.15, 0.2) is 10.5 Å². The Balaban J connectivity index is 2.25. The first-order valence-electron chi connectivity index (χ1n) is 5.45. The van der Waals surface area contributed by atoms with E-state index in [1.54, 1.807) is 11.8 Å². The van der Waals surface area contributed by atoms with Crippen LogP contribution in [0.2, 0.25) is 0 Å². The van der Waals surface area contributed by atoms with Crippen LogP contribution in [0.5, 0.6) is 0 Å². The zero-order valence-electron chi connectivity index (χ0n) is 9.79. The van der Waals surface area contributed by atoms with Crippen molar-refractivity contribution in [3.63, 3.8) is 0 Å². The Labute approximate surface area is 95.5 Å². The van der Waals surface area contributed by atoms with Gasteiger partial charge < -0.3 is 4.74 Å². The van der Waals surface area contributed by atoms with Gasteiger partial charge in [-0.2, -0.15) is 0 Å². The summed E-state index contributed by atoms with van der Waals surface area (Å²) in [6, 6.07) is 0. The van der Waals surface area contributed by atoms with Crippen LogP contribution >= 0.6 is 11.8 Å². The number of hydrogen-bond acceptors (Lipinski definition) is 3. The van der Waals surface area contributed by atoms with Gasteiger partial charge in [0.15, 0.2) is 5.78 Å². The van der Waals surface area contributed by atoms with Crippen molar-refractivity contribution in [3.8, 4) is 0 Å². The van der Waals surface area contributed by atoms with Gasteiger partial charge in [-0.05, 0) is 12.5 Å². The van der Waals surface area contributed by atoms with Crippen LogP contribution in [0.25, 0.3) is 0 Å². The predicted molar refractivity (Wildman–Crippen MR) is 62.9 cm³/mol. The quantitative estimate of drug-likeness (QED) is 0.687. The normalized spacial score (nSPS) is 31.3. The molecular formula is C12H18O2S. The highest BCUT2D eigenvalue weighted by molar-refractivity contribution is 8.05. The van der Waals surface area contributed by atoms with E-state index in [0.717, 1.165) is 4.91 Å². The lowest BCUT2D eigenvalue weighted by molar-refractivity contribution is -0.115. The van der Waals surface area contributed by atoms with Gasteiger partial charge in [0.05, 0.1) is 17.6 Å². The number of allylic oxidation sites excluding steroid dienone is 1. The van der Waals surface area contributed by atoms with E-state index in [-0.39, 0.29) is 10.9 Å². The number of fused-ring (bicyclic) bond motifs is 1. The monoisotopic (exact) mass is 226 g/mol. The van der Waals surface area contributed by atoms with E-state index in [1.807, 2.05) is 0 Å². The fraction of sp³-hybridized carbons (Fsp3) is 0.750. The molecule has 0 saturated carbocycles. The first kappa shape index (κ1) is 11.2. The number of carbonyl (C=O) groups excluding carboxylic acids is 1. The summed E-state index contributed by atoms with van der Waals surface area (Å²) in [5.74, 6) is 0.687. The summed E-state index contributed by atoms with van der Waals surface area (Å²) >= 11 is 1.70. The third kappa shape index (κ3) is 2.13. The molecule has 0 aromatic rings. The Morgan fingerprint density at radius 2 is 2.07 bits per heavy atom. The van der Waals surface area contributed by atoms with E-state index >= 15 is 0 Å². The van der Waals surface area contributed by atoms with Crippen LogP contribution in [0.3, 0.4) is 0 Å². The van der Waals surface area contributed by atoms with E-state index in [2.05, 4.69) is 27.7 Å². The zero-order valence-corrected chi connectivity index (χ0v) is 10.6. The molecule has 1 saturated heterocycles. The molecule has 2 aliphatic rings. The van der Waals surface area contributed by atoms with Crippen LogP contribution in [0, 0.1) is 5.92 Å². The number of ketones is 1. The minimum Gasteiger partial charge on any atom is -0.373 e. The predicted octanol–water partition coefficient (Wildman–Crippen LogP) is 2.78. The molecule has 0 amide bonds. The molecule has 0 aromatic heterocycles. The van der Waals surface area contributed by atoms with E-state index in [9.17, 15) is 4.79 Å². The van der Waals surface area contributed by atoms with Gasteiger partial charge in [-0.15, -0.1) is 11.8 Å². The number of Topliss-reactive ketones (excluding diaryl/α,β-unsaturated/α-hetero) is 1. The van der Waals surface area contributed by atoms with Crippen LogP contribution in [-0.4, -0.2) is 23.2 Å². The Bertz CT molecular complexity index is 325. The van der Waals surface area contributed by atoms with Crippen LogP contribution in [0.4, 0.5) is 0 Å². The molecule has 0 spiro atoms. The molecule has 0 aromatic carbocycles. The molecular weight excluding hydrogens is 208 g/mol. The summed E-state index contributed by atoms with van der Waals surface area (Å²) in [5.41, 5.74) is 1.26. The summed E-state index contributed by atoms with van der Waals surface area (Å²) in [5, 5.41) is 0. The lowest BCUT2D eigenvalue weighted by Gasteiger charge is -2.18. The largest absolute Gasteiger partial charge is 0.373 e. The van der Waals surface area contributed by atoms with Crippen molar-refractivity contribution in [3.05, 3.63) is 10.5 Å². The van der Waals surface area contributed by atoms with Gasteiger partial charge in [0.2, 0.25) is 0 Å². The molecule has 2 atom stereocenters. The number of hydrogen-bond donors (Lipinski definition) is 0. The van der Waals surface area contributed by atoms with Gasteiger partial charge in [-0.25, -0.2) is 0 Å². The van der Waals surface area contributed by atoms with E-state index in [1.165, 1.54) is 5.57 Å². The van der Waals surface area contributed by atoms with Gasteiger partial charge in [0.1, 0.15) is 0 Å². The number of carbonyl (C=O) groups is 1. The Morgan fingerprint density at radius 1 is 1.40 bits per heavy atom. The average molecular weight is 226 g/mol. The highest BCUT2D eigenvalue weighted by Gasteiger charge is 2.41. The minimum atomic E-state index is 0.110. The molecule has 1 heterocycles. The van der Waals surface area contributed by atoms with Crippen LogP contribution in [0.1, 0.15) is 34.1 Å². The molecule has 3 heteroatoms. The summed E-state index contributed by atoms with van der Waals surface area (Å²) < 4.78 is 5.70. The summed E-state index contributed by atoms with van der Waals surface area (Å²) in [7, 11) is 0. The molecule has 0 N–H and O–H groups in total. The Kier molecular flexibility index (Phi) is 2.72. The van der Waals surface area contributed by atoms with E-state index in [4.69, 9.17) is 4.74 Å². The molecule has 0 radical (unpaired) electrons. The third-order valence-electron chi connectivity index (χ3n) is 2.87. The van der Waals surface area contributed by atoms with Gasteiger partial charge in [-0.3, -0.25) is 4.79 Å². The standard InChI is InChI=1S/C12H18O2S/c1-7-8-5-10(13)11(9(8)6-14-7)15-12(2,3)4/h7-8H,5-6H2,1-4H3/t7-,8+/m0/s1. The molecule has 15 heavy (non-hydrogen) atoms. The maximum Gasteiger partial charge on any atom is 0.169 e. The molecule has 2 nitrogen and oxygen atoms in total. The minimum absolute atomic E-state index is 0.110. The molecule has 0 bridgehead atoms. The SMILES string of the molecule is C[C@@H]1OCC2=C(SC(C)(C)C)C(=O)C[C@@H]21. The fourth-order valence-corrected chi connectivity index (χ4v) is 3.30. The van der Waals surface area contributed by atoms with Crippen molar-refractivity contribution in [2.75, 3.05) is 6.61 Å². The lowest BCUT2D eigenvalue weighted by atomic mass is 10.00. The first-order valence-corrected chi connectivity index (χ1v) is 6.27. The summed E-state index contributed by atoms with van der Waals surface area (Å²) in [4.78, 5) is 12.9. The highest BCUT2D eigenvalue weighted by atomic mass is 32.2. The lowest BCUT2D eigenvalue weighted by Crippen LogP contribution is -2.12. The molecule has 1 aliphatic carbocycles. The molecule has 1 fully saturated rings. The zero-order chi connectivity index (χ0) is 11.2. The van der Waals surface area contributed by atoms with Crippen LogP contribution < -0.4 is 0 Å². The fourth-order valence-electron chi connectivity index (χ4n) is 2.15. The second kappa shape index (κ2) is 3.63. The summed E-state index contributed by atoms with van der Waals surface area (Å²) in [6.45, 7) is 9.16. The van der Waals surface area contributed by atoms with Crippen molar-refractivity contribution < 1.29 is 9.53 Å². The second-order valence-electron chi connectivity index (χ2n) is 5.32. The van der Waals surface area contributed by atoms with E-state index in [0.29, 0.717) is 24.7 Å². The third-order valence-corrected chi connectivity index (χ3v) is 4.18. The maximum absolute atomic E-state index is 11.9. The Morgan fingerprint density at radius 3 is 2.67 bits per heavy atom. The van der Waals surface area contributed by atoms with Crippen molar-refractivity contribution in [2.24, 2.45) is 5.92 Å². The molecule has 1 aliphatic heterocycles. The van der Waals surface area contributed by atoms with Gasteiger partial charge >= 0.3 is 0 Å². The average Bonchev–Trinajstić information content (AvgIpc) is 2.55. The van der Waals surface area contributed by atoms with Gasteiger partial charge in [0.25, 0.3) is 0 Å². The highest BCUT2D eigenvalue weighted by Crippen LogP contribution is 2.45. The van der Waals surface area contributed by atoms with Gasteiger partial charge in [-0.1, -0.05) is 20.8 Å². The number of ether oxygens (including phenoxy) is 1. The topological polar surface area (TPSA) is 26.3 Å². The van der Waals surface area contributed by atoms with Crippen molar-refractivity contribution in [1.29, 1.82) is 0 Å². The first-order chi connectivity index (χ1) is 6.88. The van der Waals surface area contributed by atoms with E-state index < -0.39 is 0 Å². The number of thioether (sulfide) groups is 1. The van der Waals surface area contributed by atoms with Crippen LogP contribution in [-0.2, 0) is 9.53 Å². The molecule has 2 rings (SSSR count). The molecule has 84 valence electrons. The summed E-state index contributed by atoms with van der Waals surface area (Å²) in [6.07, 6.45) is 0.886. The van der Waals surface area contributed by atoms with Crippen molar-refractivity contribution in [1.82, 2.24) is 0 Å². The molecule has 0 unspecified atom stereocenters. The van der Waals surface area contributed by atoms with Crippen molar-refractivity contribution in [2.45, 2.75) is 45.0 Å². The van der Waals surface area contributed by atoms with Gasteiger partial charge in [0, 0.05) is 17.1 Å². The Hall–Kier alpha value is -0.280.